The number of fused-ring (bicyclic) bond motifs is 1. The minimum absolute atomic E-state index is 0.238. The van der Waals surface area contributed by atoms with Crippen molar-refractivity contribution >= 4 is 29.1 Å². The van der Waals surface area contributed by atoms with E-state index >= 15 is 0 Å². The fourth-order valence-electron chi connectivity index (χ4n) is 2.85. The molecule has 0 aliphatic rings. The molecule has 25 heavy (non-hydrogen) atoms. The molecule has 0 aliphatic heterocycles. The van der Waals surface area contributed by atoms with E-state index in [0.717, 1.165) is 0 Å². The van der Waals surface area contributed by atoms with E-state index in [9.17, 15) is 14.7 Å². The highest BCUT2D eigenvalue weighted by Gasteiger charge is 2.29. The van der Waals surface area contributed by atoms with Gasteiger partial charge in [0.2, 0.25) is 0 Å². The number of amides is 1. The van der Waals surface area contributed by atoms with Gasteiger partial charge < -0.3 is 10.4 Å². The molecule has 0 spiro atoms. The van der Waals surface area contributed by atoms with Gasteiger partial charge in [-0.25, -0.2) is 9.78 Å². The average molecular weight is 362 g/mol. The summed E-state index contributed by atoms with van der Waals surface area (Å²) in [7, 11) is 0. The summed E-state index contributed by atoms with van der Waals surface area (Å²) < 4.78 is 1.54. The van der Waals surface area contributed by atoms with Crippen LogP contribution in [0.2, 0.25) is 5.02 Å². The average Bonchev–Trinajstić information content (AvgIpc) is 3.03. The van der Waals surface area contributed by atoms with E-state index in [1.807, 2.05) is 0 Å². The lowest BCUT2D eigenvalue weighted by Crippen LogP contribution is -2.35. The number of aromatic amines is 1. The van der Waals surface area contributed by atoms with Crippen molar-refractivity contribution in [2.24, 2.45) is 0 Å². The molecule has 0 bridgehead atoms. The second kappa shape index (κ2) is 6.21. The topological polar surface area (TPSA) is 112 Å². The number of carbonyl (C=O) groups is 2. The Morgan fingerprint density at radius 2 is 2.00 bits per heavy atom. The molecule has 0 aliphatic carbocycles. The zero-order valence-corrected chi connectivity index (χ0v) is 14.5. The highest BCUT2D eigenvalue weighted by atomic mass is 35.5. The maximum absolute atomic E-state index is 12.8. The molecular formula is C16H16ClN5O3. The van der Waals surface area contributed by atoms with E-state index in [1.165, 1.54) is 0 Å². The lowest BCUT2D eigenvalue weighted by molar-refractivity contribution is -0.139. The Kier molecular flexibility index (Phi) is 4.22. The van der Waals surface area contributed by atoms with Crippen LogP contribution < -0.4 is 5.32 Å². The van der Waals surface area contributed by atoms with Crippen LogP contribution in [0.3, 0.4) is 0 Å². The number of hydrogen-bond donors (Lipinski definition) is 3. The van der Waals surface area contributed by atoms with Crippen LogP contribution in [0.15, 0.2) is 18.3 Å². The molecule has 8 nitrogen and oxygen atoms in total. The number of carboxylic acid groups (broad SMARTS) is 1. The van der Waals surface area contributed by atoms with Crippen molar-refractivity contribution in [3.05, 3.63) is 51.7 Å². The molecule has 1 atom stereocenters. The van der Waals surface area contributed by atoms with Crippen molar-refractivity contribution in [3.8, 4) is 0 Å². The van der Waals surface area contributed by atoms with E-state index in [0.29, 0.717) is 33.3 Å². The first-order valence-corrected chi connectivity index (χ1v) is 7.86. The Morgan fingerprint density at radius 1 is 1.28 bits per heavy atom. The van der Waals surface area contributed by atoms with Crippen LogP contribution in [0, 0.1) is 20.8 Å². The fraction of sp³-hybridized carbons (Fsp3) is 0.250. The highest BCUT2D eigenvalue weighted by molar-refractivity contribution is 6.30. The van der Waals surface area contributed by atoms with E-state index in [1.54, 1.807) is 43.5 Å². The Balaban J connectivity index is 2.02. The number of halogens is 1. The molecule has 3 aromatic rings. The highest BCUT2D eigenvalue weighted by Crippen LogP contribution is 2.22. The van der Waals surface area contributed by atoms with Crippen LogP contribution >= 0.6 is 11.6 Å². The van der Waals surface area contributed by atoms with Gasteiger partial charge in [0.25, 0.3) is 5.91 Å². The molecule has 0 fully saturated rings. The van der Waals surface area contributed by atoms with Gasteiger partial charge in [0, 0.05) is 17.5 Å². The van der Waals surface area contributed by atoms with Gasteiger partial charge in [0.05, 0.1) is 16.4 Å². The van der Waals surface area contributed by atoms with Crippen LogP contribution in [0.1, 0.15) is 39.2 Å². The monoisotopic (exact) mass is 361 g/mol. The third-order valence-corrected chi connectivity index (χ3v) is 4.19. The van der Waals surface area contributed by atoms with Crippen molar-refractivity contribution in [2.45, 2.75) is 26.8 Å². The van der Waals surface area contributed by atoms with E-state index in [4.69, 9.17) is 11.6 Å². The van der Waals surface area contributed by atoms with Crippen LogP contribution in [-0.2, 0) is 4.79 Å². The van der Waals surface area contributed by atoms with Gasteiger partial charge in [-0.05, 0) is 32.9 Å². The molecule has 0 unspecified atom stereocenters. The van der Waals surface area contributed by atoms with Gasteiger partial charge in [-0.1, -0.05) is 11.6 Å². The first kappa shape index (κ1) is 17.0. The quantitative estimate of drug-likeness (QED) is 0.659. The molecule has 0 aromatic carbocycles. The third kappa shape index (κ3) is 2.96. The number of pyridine rings is 1. The molecule has 3 rings (SSSR count). The largest absolute Gasteiger partial charge is 0.479 e. The lowest BCUT2D eigenvalue weighted by atomic mass is 10.0. The number of carboxylic acids is 1. The van der Waals surface area contributed by atoms with Crippen LogP contribution in [-0.4, -0.2) is 36.6 Å². The number of aryl methyl sites for hydroxylation is 3. The molecule has 9 heteroatoms. The Labute approximate surface area is 147 Å². The minimum Gasteiger partial charge on any atom is -0.479 e. The molecular weight excluding hydrogens is 346 g/mol. The van der Waals surface area contributed by atoms with Gasteiger partial charge in [0.1, 0.15) is 11.3 Å². The van der Waals surface area contributed by atoms with E-state index in [-0.39, 0.29) is 5.69 Å². The summed E-state index contributed by atoms with van der Waals surface area (Å²) in [6.45, 7) is 5.07. The number of aliphatic carboxylic acids is 1. The second-order valence-corrected chi connectivity index (χ2v) is 6.15. The summed E-state index contributed by atoms with van der Waals surface area (Å²) in [5, 5.41) is 19.3. The molecule has 0 saturated heterocycles. The van der Waals surface area contributed by atoms with Gasteiger partial charge in [-0.2, -0.15) is 5.10 Å². The van der Waals surface area contributed by atoms with Crippen molar-refractivity contribution in [2.75, 3.05) is 0 Å². The van der Waals surface area contributed by atoms with Crippen molar-refractivity contribution in [1.82, 2.24) is 24.9 Å². The first-order chi connectivity index (χ1) is 11.8. The number of rotatable bonds is 4. The van der Waals surface area contributed by atoms with E-state index < -0.39 is 17.9 Å². The zero-order chi connectivity index (χ0) is 18.3. The summed E-state index contributed by atoms with van der Waals surface area (Å²) >= 11 is 6.00. The number of H-pyrrole nitrogens is 1. The van der Waals surface area contributed by atoms with Gasteiger partial charge in [0.15, 0.2) is 6.04 Å². The van der Waals surface area contributed by atoms with Gasteiger partial charge >= 0.3 is 5.97 Å². The number of imidazole rings is 1. The fourth-order valence-corrected chi connectivity index (χ4v) is 3.01. The molecule has 3 N–H and O–H groups in total. The summed E-state index contributed by atoms with van der Waals surface area (Å²) in [6.07, 6.45) is 1.57. The molecule has 3 aromatic heterocycles. The smallest absolute Gasteiger partial charge is 0.331 e. The minimum atomic E-state index is -1.23. The van der Waals surface area contributed by atoms with Crippen molar-refractivity contribution in [3.63, 3.8) is 0 Å². The summed E-state index contributed by atoms with van der Waals surface area (Å²) in [5.74, 6) is -1.73. The second-order valence-electron chi connectivity index (χ2n) is 5.71. The maximum Gasteiger partial charge on any atom is 0.331 e. The number of aromatic nitrogens is 4. The Bertz CT molecular complexity index is 972. The molecule has 130 valence electrons. The third-order valence-electron chi connectivity index (χ3n) is 3.97. The predicted octanol–water partition coefficient (Wildman–Crippen LogP) is 2.19. The summed E-state index contributed by atoms with van der Waals surface area (Å²) in [5.41, 5.74) is 2.80. The van der Waals surface area contributed by atoms with Crippen LogP contribution in [0.25, 0.3) is 5.65 Å². The summed E-state index contributed by atoms with van der Waals surface area (Å²) in [6, 6.07) is 2.13. The molecule has 1 amide bonds. The number of nitrogens with one attached hydrogen (secondary N) is 2. The predicted molar refractivity (Wildman–Crippen MR) is 90.8 cm³/mol. The van der Waals surface area contributed by atoms with Crippen LogP contribution in [0.4, 0.5) is 0 Å². The summed E-state index contributed by atoms with van der Waals surface area (Å²) in [4.78, 5) is 28.8. The standard InChI is InChI=1S/C16H16ClN5O3/c1-7-12(8(2)21-20-7)13(16(24)25)19-15(23)14-9(3)18-11-5-4-10(17)6-22(11)14/h4-6,13H,1-3H3,(H,19,23)(H,20,21)(H,24,25)/t13-/m1/s1. The maximum atomic E-state index is 12.8. The van der Waals surface area contributed by atoms with E-state index in [2.05, 4.69) is 20.5 Å². The number of nitrogens with zero attached hydrogens (tertiary/aromatic N) is 3. The van der Waals surface area contributed by atoms with Crippen molar-refractivity contribution in [1.29, 1.82) is 0 Å². The number of carbonyl (C=O) groups excluding carboxylic acids is 1. The molecule has 0 radical (unpaired) electrons. The SMILES string of the molecule is Cc1n[nH]c(C)c1[C@@H](NC(=O)c1c(C)nc2ccc(Cl)cn12)C(=O)O. The first-order valence-electron chi connectivity index (χ1n) is 7.49. The number of hydrogen-bond acceptors (Lipinski definition) is 4. The Morgan fingerprint density at radius 3 is 2.60 bits per heavy atom. The normalized spacial score (nSPS) is 12.3. The zero-order valence-electron chi connectivity index (χ0n) is 13.8. The van der Waals surface area contributed by atoms with Crippen molar-refractivity contribution < 1.29 is 14.7 Å². The lowest BCUT2D eigenvalue weighted by Gasteiger charge is -2.15. The van der Waals surface area contributed by atoms with Gasteiger partial charge in [-0.15, -0.1) is 0 Å². The molecule has 0 saturated carbocycles. The van der Waals surface area contributed by atoms with Crippen LogP contribution in [0.5, 0.6) is 0 Å². The van der Waals surface area contributed by atoms with Gasteiger partial charge in [-0.3, -0.25) is 14.3 Å². The Hall–Kier alpha value is -2.87. The molecule has 3 heterocycles.